The van der Waals surface area contributed by atoms with Crippen LogP contribution < -0.4 is 5.32 Å². The van der Waals surface area contributed by atoms with Gasteiger partial charge in [0, 0.05) is 28.7 Å². The molecular weight excluding hydrogens is 232 g/mol. The Bertz CT molecular complexity index is 528. The molecule has 1 aromatic carbocycles. The Morgan fingerprint density at radius 2 is 2.12 bits per heavy atom. The van der Waals surface area contributed by atoms with Crippen molar-refractivity contribution in [2.75, 3.05) is 13.1 Å². The van der Waals surface area contributed by atoms with Gasteiger partial charge in [-0.3, -0.25) is 0 Å². The molecule has 3 heteroatoms. The molecule has 0 bridgehead atoms. The minimum Gasteiger partial charge on any atom is -0.348 e. The minimum atomic E-state index is 0.813. The molecule has 0 aliphatic heterocycles. The standard InChI is InChI=1S/C14H19ClN2/c1-4-16-8-7-12-10(2)17(3)14-6-5-11(15)9-13(12)14/h5-6,9,16H,4,7-8H2,1-3H3. The first-order valence-electron chi connectivity index (χ1n) is 6.09. The van der Waals surface area contributed by atoms with Gasteiger partial charge in [0.1, 0.15) is 0 Å². The van der Waals surface area contributed by atoms with Gasteiger partial charge in [-0.25, -0.2) is 0 Å². The van der Waals surface area contributed by atoms with E-state index in [-0.39, 0.29) is 0 Å². The quantitative estimate of drug-likeness (QED) is 0.824. The first-order valence-corrected chi connectivity index (χ1v) is 6.47. The summed E-state index contributed by atoms with van der Waals surface area (Å²) < 4.78 is 2.24. The molecule has 1 heterocycles. The van der Waals surface area contributed by atoms with Gasteiger partial charge in [-0.15, -0.1) is 0 Å². The SMILES string of the molecule is CCNCCc1c(C)n(C)c2ccc(Cl)cc12. The molecule has 17 heavy (non-hydrogen) atoms. The average molecular weight is 251 g/mol. The summed E-state index contributed by atoms with van der Waals surface area (Å²) in [6, 6.07) is 6.13. The summed E-state index contributed by atoms with van der Waals surface area (Å²) in [7, 11) is 2.11. The first-order chi connectivity index (χ1) is 8.15. The number of hydrogen-bond donors (Lipinski definition) is 1. The Balaban J connectivity index is 2.45. The largest absolute Gasteiger partial charge is 0.348 e. The molecule has 92 valence electrons. The summed E-state index contributed by atoms with van der Waals surface area (Å²) in [4.78, 5) is 0. The molecule has 2 rings (SSSR count). The van der Waals surface area contributed by atoms with Crippen LogP contribution in [0.3, 0.4) is 0 Å². The van der Waals surface area contributed by atoms with Gasteiger partial charge < -0.3 is 9.88 Å². The highest BCUT2D eigenvalue weighted by atomic mass is 35.5. The number of aromatic nitrogens is 1. The van der Waals surface area contributed by atoms with Gasteiger partial charge in [0.15, 0.2) is 0 Å². The number of rotatable bonds is 4. The van der Waals surface area contributed by atoms with Crippen molar-refractivity contribution in [3.05, 3.63) is 34.5 Å². The molecule has 0 fully saturated rings. The lowest BCUT2D eigenvalue weighted by atomic mass is 10.1. The fraction of sp³-hybridized carbons (Fsp3) is 0.429. The van der Waals surface area contributed by atoms with Crippen LogP contribution in [0.5, 0.6) is 0 Å². The molecule has 2 aromatic rings. The maximum Gasteiger partial charge on any atom is 0.0483 e. The summed E-state index contributed by atoms with van der Waals surface area (Å²) in [5, 5.41) is 5.47. The molecule has 1 aromatic heterocycles. The second-order valence-corrected chi connectivity index (χ2v) is 4.82. The number of hydrogen-bond acceptors (Lipinski definition) is 1. The highest BCUT2D eigenvalue weighted by molar-refractivity contribution is 6.31. The third-order valence-electron chi connectivity index (χ3n) is 3.39. The van der Waals surface area contributed by atoms with Gasteiger partial charge in [0.2, 0.25) is 0 Å². The maximum absolute atomic E-state index is 6.09. The van der Waals surface area contributed by atoms with Crippen LogP contribution >= 0.6 is 11.6 Å². The lowest BCUT2D eigenvalue weighted by Crippen LogP contribution is -2.16. The predicted octanol–water partition coefficient (Wildman–Crippen LogP) is 3.29. The van der Waals surface area contributed by atoms with Crippen molar-refractivity contribution in [3.63, 3.8) is 0 Å². The van der Waals surface area contributed by atoms with Crippen LogP contribution in [0, 0.1) is 6.92 Å². The zero-order chi connectivity index (χ0) is 12.4. The van der Waals surface area contributed by atoms with Gasteiger partial charge in [0.25, 0.3) is 0 Å². The van der Waals surface area contributed by atoms with E-state index in [0.29, 0.717) is 0 Å². The highest BCUT2D eigenvalue weighted by Crippen LogP contribution is 2.27. The number of halogens is 1. The highest BCUT2D eigenvalue weighted by Gasteiger charge is 2.11. The number of benzene rings is 1. The summed E-state index contributed by atoms with van der Waals surface area (Å²) in [5.41, 5.74) is 4.00. The Hall–Kier alpha value is -0.990. The summed E-state index contributed by atoms with van der Waals surface area (Å²) in [6.45, 7) is 6.34. The smallest absolute Gasteiger partial charge is 0.0483 e. The average Bonchev–Trinajstić information content (AvgIpc) is 2.54. The Morgan fingerprint density at radius 3 is 2.82 bits per heavy atom. The Labute approximate surface area is 108 Å². The van der Waals surface area contributed by atoms with Gasteiger partial charge in [-0.05, 0) is 50.2 Å². The van der Waals surface area contributed by atoms with Crippen LogP contribution in [-0.4, -0.2) is 17.7 Å². The molecule has 0 atom stereocenters. The molecule has 0 saturated carbocycles. The fourth-order valence-electron chi connectivity index (χ4n) is 2.33. The molecule has 0 aliphatic rings. The second-order valence-electron chi connectivity index (χ2n) is 4.39. The summed E-state index contributed by atoms with van der Waals surface area (Å²) in [5.74, 6) is 0. The molecule has 0 unspecified atom stereocenters. The van der Waals surface area contributed by atoms with Crippen molar-refractivity contribution in [1.82, 2.24) is 9.88 Å². The Morgan fingerprint density at radius 1 is 1.35 bits per heavy atom. The lowest BCUT2D eigenvalue weighted by molar-refractivity contribution is 0.714. The summed E-state index contributed by atoms with van der Waals surface area (Å²) >= 11 is 6.09. The van der Waals surface area contributed by atoms with Crippen molar-refractivity contribution in [3.8, 4) is 0 Å². The first kappa shape index (κ1) is 12.5. The van der Waals surface area contributed by atoms with Crippen LogP contribution in [0.2, 0.25) is 5.02 Å². The number of likely N-dealkylation sites (N-methyl/N-ethyl adjacent to an activating group) is 1. The van der Waals surface area contributed by atoms with Crippen LogP contribution in [-0.2, 0) is 13.5 Å². The Kier molecular flexibility index (Phi) is 3.75. The van der Waals surface area contributed by atoms with Crippen LogP contribution in [0.15, 0.2) is 18.2 Å². The van der Waals surface area contributed by atoms with Crippen molar-refractivity contribution >= 4 is 22.5 Å². The molecule has 0 spiro atoms. The number of fused-ring (bicyclic) bond motifs is 1. The van der Waals surface area contributed by atoms with Gasteiger partial charge >= 0.3 is 0 Å². The van der Waals surface area contributed by atoms with Crippen molar-refractivity contribution in [2.24, 2.45) is 7.05 Å². The van der Waals surface area contributed by atoms with Crippen LogP contribution in [0.25, 0.3) is 10.9 Å². The van der Waals surface area contributed by atoms with Crippen molar-refractivity contribution in [1.29, 1.82) is 0 Å². The number of nitrogens with one attached hydrogen (secondary N) is 1. The molecule has 0 aliphatic carbocycles. The van der Waals surface area contributed by atoms with E-state index < -0.39 is 0 Å². The van der Waals surface area contributed by atoms with E-state index in [1.165, 1.54) is 22.2 Å². The van der Waals surface area contributed by atoms with Crippen LogP contribution in [0.1, 0.15) is 18.2 Å². The molecule has 0 saturated heterocycles. The zero-order valence-corrected chi connectivity index (χ0v) is 11.4. The number of nitrogens with zero attached hydrogens (tertiary/aromatic N) is 1. The molecule has 0 amide bonds. The van der Waals surface area contributed by atoms with E-state index in [1.807, 2.05) is 6.07 Å². The third-order valence-corrected chi connectivity index (χ3v) is 3.62. The van der Waals surface area contributed by atoms with Gasteiger partial charge in [-0.2, -0.15) is 0 Å². The minimum absolute atomic E-state index is 0.813. The van der Waals surface area contributed by atoms with Gasteiger partial charge in [0.05, 0.1) is 0 Å². The number of aryl methyl sites for hydroxylation is 1. The van der Waals surface area contributed by atoms with Gasteiger partial charge in [-0.1, -0.05) is 18.5 Å². The van der Waals surface area contributed by atoms with E-state index in [1.54, 1.807) is 0 Å². The van der Waals surface area contributed by atoms with Crippen molar-refractivity contribution < 1.29 is 0 Å². The van der Waals surface area contributed by atoms with E-state index in [2.05, 4.69) is 42.9 Å². The van der Waals surface area contributed by atoms with Crippen molar-refractivity contribution in [2.45, 2.75) is 20.3 Å². The summed E-state index contributed by atoms with van der Waals surface area (Å²) in [6.07, 6.45) is 1.05. The molecular formula is C14H19ClN2. The monoisotopic (exact) mass is 250 g/mol. The van der Waals surface area contributed by atoms with E-state index in [0.717, 1.165) is 24.5 Å². The predicted molar refractivity (Wildman–Crippen MR) is 74.9 cm³/mol. The third kappa shape index (κ3) is 2.33. The zero-order valence-electron chi connectivity index (χ0n) is 10.7. The molecule has 1 N–H and O–H groups in total. The normalized spacial score (nSPS) is 11.3. The fourth-order valence-corrected chi connectivity index (χ4v) is 2.50. The lowest BCUT2D eigenvalue weighted by Gasteiger charge is -2.03. The van der Waals surface area contributed by atoms with E-state index in [4.69, 9.17) is 11.6 Å². The van der Waals surface area contributed by atoms with Crippen LogP contribution in [0.4, 0.5) is 0 Å². The molecule has 2 nitrogen and oxygen atoms in total. The topological polar surface area (TPSA) is 17.0 Å². The molecule has 0 radical (unpaired) electrons. The maximum atomic E-state index is 6.09. The van der Waals surface area contributed by atoms with E-state index >= 15 is 0 Å². The van der Waals surface area contributed by atoms with E-state index in [9.17, 15) is 0 Å². The second kappa shape index (κ2) is 5.11.